The van der Waals surface area contributed by atoms with Gasteiger partial charge in [-0.1, -0.05) is 18.2 Å². The van der Waals surface area contributed by atoms with Gasteiger partial charge in [0.15, 0.2) is 0 Å². The van der Waals surface area contributed by atoms with E-state index in [1.807, 2.05) is 25.1 Å². The predicted molar refractivity (Wildman–Crippen MR) is 62.6 cm³/mol. The summed E-state index contributed by atoms with van der Waals surface area (Å²) in [6, 6.07) is 8.11. The standard InChI is InChI=1S/C10H14INO/c1-2-13-7-10(12)8-5-3-4-6-9(8)11/h3-6,10H,2,7,12H2,1H3. The smallest absolute Gasteiger partial charge is 0.0659 e. The van der Waals surface area contributed by atoms with Gasteiger partial charge in [0.05, 0.1) is 12.6 Å². The summed E-state index contributed by atoms with van der Waals surface area (Å²) in [7, 11) is 0. The summed E-state index contributed by atoms with van der Waals surface area (Å²) in [5.41, 5.74) is 7.12. The van der Waals surface area contributed by atoms with Crippen LogP contribution in [0.2, 0.25) is 0 Å². The van der Waals surface area contributed by atoms with Crippen LogP contribution in [0.4, 0.5) is 0 Å². The molecule has 2 N–H and O–H groups in total. The van der Waals surface area contributed by atoms with E-state index in [9.17, 15) is 0 Å². The van der Waals surface area contributed by atoms with E-state index in [1.165, 1.54) is 3.57 Å². The lowest BCUT2D eigenvalue weighted by atomic mass is 10.1. The summed E-state index contributed by atoms with van der Waals surface area (Å²) in [6.45, 7) is 3.29. The molecule has 2 nitrogen and oxygen atoms in total. The summed E-state index contributed by atoms with van der Waals surface area (Å²) in [5, 5.41) is 0. The normalized spacial score (nSPS) is 12.8. The highest BCUT2D eigenvalue weighted by molar-refractivity contribution is 14.1. The number of ether oxygens (including phenoxy) is 1. The van der Waals surface area contributed by atoms with Crippen molar-refractivity contribution in [3.63, 3.8) is 0 Å². The minimum Gasteiger partial charge on any atom is -0.380 e. The lowest BCUT2D eigenvalue weighted by Gasteiger charge is -2.13. The molecule has 0 spiro atoms. The summed E-state index contributed by atoms with van der Waals surface area (Å²) in [5.74, 6) is 0. The van der Waals surface area contributed by atoms with Gasteiger partial charge in [-0.05, 0) is 41.1 Å². The van der Waals surface area contributed by atoms with E-state index in [0.29, 0.717) is 6.61 Å². The first-order valence-corrected chi connectivity index (χ1v) is 5.41. The summed E-state index contributed by atoms with van der Waals surface area (Å²) >= 11 is 2.29. The molecule has 72 valence electrons. The van der Waals surface area contributed by atoms with Gasteiger partial charge in [-0.3, -0.25) is 0 Å². The average molecular weight is 291 g/mol. The second kappa shape index (κ2) is 5.57. The van der Waals surface area contributed by atoms with Crippen molar-refractivity contribution in [3.05, 3.63) is 33.4 Å². The minimum atomic E-state index is -0.00644. The quantitative estimate of drug-likeness (QED) is 0.864. The molecule has 0 amide bonds. The second-order valence-corrected chi connectivity index (χ2v) is 3.95. The molecule has 0 fully saturated rings. The Kier molecular flexibility index (Phi) is 4.69. The Hall–Kier alpha value is -0.130. The summed E-state index contributed by atoms with van der Waals surface area (Å²) in [4.78, 5) is 0. The molecule has 1 unspecified atom stereocenters. The van der Waals surface area contributed by atoms with Crippen LogP contribution in [0.5, 0.6) is 0 Å². The van der Waals surface area contributed by atoms with E-state index >= 15 is 0 Å². The molecule has 0 saturated heterocycles. The van der Waals surface area contributed by atoms with E-state index in [-0.39, 0.29) is 6.04 Å². The van der Waals surface area contributed by atoms with E-state index in [0.717, 1.165) is 12.2 Å². The highest BCUT2D eigenvalue weighted by Crippen LogP contribution is 2.17. The lowest BCUT2D eigenvalue weighted by Crippen LogP contribution is -2.18. The van der Waals surface area contributed by atoms with Crippen molar-refractivity contribution in [1.29, 1.82) is 0 Å². The zero-order valence-corrected chi connectivity index (χ0v) is 9.82. The molecule has 1 atom stereocenters. The number of hydrogen-bond acceptors (Lipinski definition) is 2. The van der Waals surface area contributed by atoms with Crippen LogP contribution in [-0.2, 0) is 4.74 Å². The van der Waals surface area contributed by atoms with Crippen molar-refractivity contribution in [2.24, 2.45) is 5.73 Å². The van der Waals surface area contributed by atoms with Crippen molar-refractivity contribution in [2.45, 2.75) is 13.0 Å². The van der Waals surface area contributed by atoms with Crippen molar-refractivity contribution >= 4 is 22.6 Å². The van der Waals surface area contributed by atoms with Crippen LogP contribution >= 0.6 is 22.6 Å². The average Bonchev–Trinajstić information content (AvgIpc) is 2.15. The first kappa shape index (κ1) is 10.9. The van der Waals surface area contributed by atoms with Crippen molar-refractivity contribution in [1.82, 2.24) is 0 Å². The summed E-state index contributed by atoms with van der Waals surface area (Å²) < 4.78 is 6.48. The van der Waals surface area contributed by atoms with Crippen LogP contribution in [0.25, 0.3) is 0 Å². The van der Waals surface area contributed by atoms with Gasteiger partial charge in [-0.15, -0.1) is 0 Å². The fraction of sp³-hybridized carbons (Fsp3) is 0.400. The molecule has 3 heteroatoms. The third-order valence-corrected chi connectivity index (χ3v) is 2.79. The first-order valence-electron chi connectivity index (χ1n) is 4.33. The fourth-order valence-corrected chi connectivity index (χ4v) is 1.90. The van der Waals surface area contributed by atoms with Gasteiger partial charge < -0.3 is 10.5 Å². The molecule has 0 aromatic heterocycles. The summed E-state index contributed by atoms with van der Waals surface area (Å²) in [6.07, 6.45) is 0. The van der Waals surface area contributed by atoms with Gasteiger partial charge in [0.2, 0.25) is 0 Å². The Balaban J connectivity index is 2.65. The lowest BCUT2D eigenvalue weighted by molar-refractivity contribution is 0.133. The zero-order valence-electron chi connectivity index (χ0n) is 7.66. The van der Waals surface area contributed by atoms with Crippen LogP contribution in [0.3, 0.4) is 0 Å². The molecule has 0 aliphatic heterocycles. The molecule has 1 aromatic carbocycles. The van der Waals surface area contributed by atoms with Crippen LogP contribution in [0.1, 0.15) is 18.5 Å². The fourth-order valence-electron chi connectivity index (χ4n) is 1.11. The van der Waals surface area contributed by atoms with Crippen LogP contribution in [-0.4, -0.2) is 13.2 Å². The van der Waals surface area contributed by atoms with E-state index in [1.54, 1.807) is 0 Å². The Labute approximate surface area is 92.6 Å². The van der Waals surface area contributed by atoms with Gasteiger partial charge in [0, 0.05) is 10.2 Å². The molecule has 1 aromatic rings. The highest BCUT2D eigenvalue weighted by Gasteiger charge is 2.08. The highest BCUT2D eigenvalue weighted by atomic mass is 127. The van der Waals surface area contributed by atoms with Gasteiger partial charge >= 0.3 is 0 Å². The number of rotatable bonds is 4. The van der Waals surface area contributed by atoms with Gasteiger partial charge in [-0.2, -0.15) is 0 Å². The van der Waals surface area contributed by atoms with Crippen molar-refractivity contribution in [2.75, 3.05) is 13.2 Å². The SMILES string of the molecule is CCOCC(N)c1ccccc1I. The Morgan fingerprint density at radius 1 is 1.46 bits per heavy atom. The van der Waals surface area contributed by atoms with Gasteiger partial charge in [0.1, 0.15) is 0 Å². The maximum absolute atomic E-state index is 5.95. The van der Waals surface area contributed by atoms with E-state index < -0.39 is 0 Å². The molecule has 0 heterocycles. The molecule has 0 aliphatic carbocycles. The van der Waals surface area contributed by atoms with Gasteiger partial charge in [-0.25, -0.2) is 0 Å². The number of halogens is 1. The zero-order chi connectivity index (χ0) is 9.68. The molecule has 0 saturated carbocycles. The molecular formula is C10H14INO. The topological polar surface area (TPSA) is 35.2 Å². The van der Waals surface area contributed by atoms with E-state index in [4.69, 9.17) is 10.5 Å². The van der Waals surface area contributed by atoms with Crippen LogP contribution < -0.4 is 5.73 Å². The largest absolute Gasteiger partial charge is 0.380 e. The van der Waals surface area contributed by atoms with Crippen molar-refractivity contribution in [3.8, 4) is 0 Å². The minimum absolute atomic E-state index is 0.00644. The second-order valence-electron chi connectivity index (χ2n) is 2.79. The Bertz CT molecular complexity index is 265. The predicted octanol–water partition coefficient (Wildman–Crippen LogP) is 2.33. The van der Waals surface area contributed by atoms with Crippen molar-refractivity contribution < 1.29 is 4.74 Å². The molecule has 0 aliphatic rings. The third-order valence-electron chi connectivity index (χ3n) is 1.81. The molecular weight excluding hydrogens is 277 g/mol. The number of hydrogen-bond donors (Lipinski definition) is 1. The Morgan fingerprint density at radius 3 is 2.77 bits per heavy atom. The monoisotopic (exact) mass is 291 g/mol. The van der Waals surface area contributed by atoms with E-state index in [2.05, 4.69) is 28.7 Å². The molecule has 1 rings (SSSR count). The molecule has 0 bridgehead atoms. The number of benzene rings is 1. The maximum Gasteiger partial charge on any atom is 0.0659 e. The first-order chi connectivity index (χ1) is 6.25. The number of nitrogens with two attached hydrogens (primary N) is 1. The molecule has 13 heavy (non-hydrogen) atoms. The maximum atomic E-state index is 5.95. The van der Waals surface area contributed by atoms with Gasteiger partial charge in [0.25, 0.3) is 0 Å². The molecule has 0 radical (unpaired) electrons. The Morgan fingerprint density at radius 2 is 2.15 bits per heavy atom. The third kappa shape index (κ3) is 3.25. The van der Waals surface area contributed by atoms with Crippen LogP contribution in [0.15, 0.2) is 24.3 Å². The van der Waals surface area contributed by atoms with Crippen LogP contribution in [0, 0.1) is 3.57 Å².